The summed E-state index contributed by atoms with van der Waals surface area (Å²) in [6.07, 6.45) is 2.78. The van der Waals surface area contributed by atoms with Gasteiger partial charge >= 0.3 is 12.1 Å². The van der Waals surface area contributed by atoms with E-state index >= 15 is 0 Å². The van der Waals surface area contributed by atoms with Crippen molar-refractivity contribution in [3.8, 4) is 0 Å². The van der Waals surface area contributed by atoms with E-state index in [0.717, 1.165) is 0 Å². The molecule has 9 nitrogen and oxygen atoms in total. The Morgan fingerprint density at radius 1 is 0.906 bits per heavy atom. The van der Waals surface area contributed by atoms with E-state index in [0.29, 0.717) is 6.42 Å². The first-order valence-electron chi connectivity index (χ1n) is 11.1. The fourth-order valence-electron chi connectivity index (χ4n) is 2.72. The molecule has 3 N–H and O–H groups in total. The molecule has 3 amide bonds. The van der Waals surface area contributed by atoms with Gasteiger partial charge in [-0.25, -0.2) is 9.59 Å². The number of carbonyl (C=O) groups excluding carboxylic acids is 4. The number of nitrogens with one attached hydrogen (secondary N) is 3. The number of carbonyl (C=O) groups is 4. The molecule has 0 unspecified atom stereocenters. The fraction of sp³-hybridized carbons (Fsp3) is 0.739. The maximum Gasteiger partial charge on any atom is 0.408 e. The Morgan fingerprint density at radius 3 is 1.97 bits per heavy atom. The molecule has 0 aliphatic rings. The molecule has 0 radical (unpaired) electrons. The van der Waals surface area contributed by atoms with E-state index in [1.165, 1.54) is 6.08 Å². The van der Waals surface area contributed by atoms with Crippen LogP contribution in [0.4, 0.5) is 4.79 Å². The second-order valence-corrected chi connectivity index (χ2v) is 9.45. The molecule has 0 rings (SSSR count). The minimum absolute atomic E-state index is 0.223. The molecular formula is C23H41N3O6. The third-order valence-electron chi connectivity index (χ3n) is 4.18. The number of amides is 3. The lowest BCUT2D eigenvalue weighted by Gasteiger charge is -2.26. The predicted octanol–water partition coefficient (Wildman–Crippen LogP) is 2.69. The number of ether oxygens (including phenoxy) is 2. The third kappa shape index (κ3) is 13.0. The molecule has 0 aliphatic carbocycles. The van der Waals surface area contributed by atoms with Crippen molar-refractivity contribution in [3.05, 3.63) is 12.2 Å². The van der Waals surface area contributed by atoms with E-state index < -0.39 is 47.6 Å². The van der Waals surface area contributed by atoms with E-state index in [1.807, 2.05) is 13.8 Å². The van der Waals surface area contributed by atoms with Crippen LogP contribution in [0.3, 0.4) is 0 Å². The van der Waals surface area contributed by atoms with Crippen molar-refractivity contribution in [1.29, 1.82) is 0 Å². The van der Waals surface area contributed by atoms with Crippen LogP contribution < -0.4 is 16.0 Å². The van der Waals surface area contributed by atoms with Crippen molar-refractivity contribution in [2.24, 2.45) is 11.8 Å². The standard InChI is InChI=1S/C23H41N3O6/c1-10-31-18(27)12-11-17(13-14(2)3)25-20(28)16(6)24-21(29)19(15(4)5)26-22(30)32-23(7,8)9/h11-12,14-17,19H,10,13H2,1-9H3,(H,24,29)(H,25,28)(H,26,30)/b12-11+/t16-,17+,19-/m0/s1. The largest absolute Gasteiger partial charge is 0.463 e. The van der Waals surface area contributed by atoms with Gasteiger partial charge < -0.3 is 25.4 Å². The van der Waals surface area contributed by atoms with Crippen molar-refractivity contribution in [2.75, 3.05) is 6.61 Å². The minimum atomic E-state index is -0.865. The molecule has 3 atom stereocenters. The zero-order chi connectivity index (χ0) is 25.1. The first-order valence-corrected chi connectivity index (χ1v) is 11.1. The Labute approximate surface area is 192 Å². The highest BCUT2D eigenvalue weighted by molar-refractivity contribution is 5.91. The second kappa shape index (κ2) is 13.8. The van der Waals surface area contributed by atoms with Crippen LogP contribution in [0.1, 0.15) is 68.7 Å². The zero-order valence-corrected chi connectivity index (χ0v) is 20.9. The van der Waals surface area contributed by atoms with Gasteiger partial charge in [-0.2, -0.15) is 0 Å². The topological polar surface area (TPSA) is 123 Å². The second-order valence-electron chi connectivity index (χ2n) is 9.45. The summed E-state index contributed by atoms with van der Waals surface area (Å²) in [5.74, 6) is -1.34. The van der Waals surface area contributed by atoms with Gasteiger partial charge in [-0.05, 0) is 52.9 Å². The fourth-order valence-corrected chi connectivity index (χ4v) is 2.72. The molecule has 0 saturated carbocycles. The average Bonchev–Trinajstić information content (AvgIpc) is 2.62. The Morgan fingerprint density at radius 2 is 1.50 bits per heavy atom. The molecule has 0 saturated heterocycles. The van der Waals surface area contributed by atoms with Gasteiger partial charge in [0.15, 0.2) is 0 Å². The maximum atomic E-state index is 12.7. The Bertz CT molecular complexity index is 667. The van der Waals surface area contributed by atoms with E-state index in [4.69, 9.17) is 9.47 Å². The molecule has 0 aliphatic heterocycles. The van der Waals surface area contributed by atoms with Crippen molar-refractivity contribution < 1.29 is 28.7 Å². The summed E-state index contributed by atoms with van der Waals surface area (Å²) in [7, 11) is 0. The SMILES string of the molecule is CCOC(=O)/C=C/[C@H](CC(C)C)NC(=O)[C@H](C)NC(=O)[C@@H](NC(=O)OC(C)(C)C)C(C)C. The van der Waals surface area contributed by atoms with Gasteiger partial charge in [0, 0.05) is 12.1 Å². The molecule has 9 heteroatoms. The molecule has 0 bridgehead atoms. The lowest BCUT2D eigenvalue weighted by molar-refractivity contribution is -0.137. The monoisotopic (exact) mass is 455 g/mol. The number of hydrogen-bond donors (Lipinski definition) is 3. The molecule has 0 heterocycles. The summed E-state index contributed by atoms with van der Waals surface area (Å²) in [6.45, 7) is 16.3. The summed E-state index contributed by atoms with van der Waals surface area (Å²) < 4.78 is 10.1. The molecule has 184 valence electrons. The number of alkyl carbamates (subject to hydrolysis) is 1. The summed E-state index contributed by atoms with van der Waals surface area (Å²) in [4.78, 5) is 49.0. The van der Waals surface area contributed by atoms with Crippen LogP contribution in [0.5, 0.6) is 0 Å². The molecule has 0 aromatic carbocycles. The van der Waals surface area contributed by atoms with Gasteiger partial charge in [-0.15, -0.1) is 0 Å². The van der Waals surface area contributed by atoms with Crippen molar-refractivity contribution in [1.82, 2.24) is 16.0 Å². The van der Waals surface area contributed by atoms with E-state index in [9.17, 15) is 19.2 Å². The molecule has 0 spiro atoms. The smallest absolute Gasteiger partial charge is 0.408 e. The van der Waals surface area contributed by atoms with Crippen LogP contribution in [0.15, 0.2) is 12.2 Å². The Kier molecular flexibility index (Phi) is 12.6. The van der Waals surface area contributed by atoms with Crippen LogP contribution in [0, 0.1) is 11.8 Å². The van der Waals surface area contributed by atoms with Gasteiger partial charge in [0.25, 0.3) is 0 Å². The quantitative estimate of drug-likeness (QED) is 0.325. The highest BCUT2D eigenvalue weighted by Crippen LogP contribution is 2.10. The van der Waals surface area contributed by atoms with Crippen molar-refractivity contribution >= 4 is 23.9 Å². The molecule has 32 heavy (non-hydrogen) atoms. The van der Waals surface area contributed by atoms with Crippen molar-refractivity contribution in [3.63, 3.8) is 0 Å². The van der Waals surface area contributed by atoms with Gasteiger partial charge in [0.1, 0.15) is 17.7 Å². The highest BCUT2D eigenvalue weighted by Gasteiger charge is 2.29. The van der Waals surface area contributed by atoms with Gasteiger partial charge in [0.05, 0.1) is 6.61 Å². The van der Waals surface area contributed by atoms with E-state index in [-0.39, 0.29) is 18.4 Å². The zero-order valence-electron chi connectivity index (χ0n) is 20.9. The molecule has 0 fully saturated rings. The Balaban J connectivity index is 5.09. The third-order valence-corrected chi connectivity index (χ3v) is 4.18. The number of rotatable bonds is 11. The summed E-state index contributed by atoms with van der Waals surface area (Å²) in [6, 6.07) is -2.11. The molecule has 0 aromatic heterocycles. The Hall–Kier alpha value is -2.58. The van der Waals surface area contributed by atoms with Gasteiger partial charge in [-0.3, -0.25) is 9.59 Å². The van der Waals surface area contributed by atoms with Gasteiger partial charge in [-0.1, -0.05) is 33.8 Å². The van der Waals surface area contributed by atoms with Crippen LogP contribution >= 0.6 is 0 Å². The summed E-state index contributed by atoms with van der Waals surface area (Å²) >= 11 is 0. The maximum absolute atomic E-state index is 12.7. The first kappa shape index (κ1) is 29.4. The number of hydrogen-bond acceptors (Lipinski definition) is 6. The van der Waals surface area contributed by atoms with Crippen LogP contribution in [-0.4, -0.2) is 54.2 Å². The minimum Gasteiger partial charge on any atom is -0.463 e. The summed E-state index contributed by atoms with van der Waals surface area (Å²) in [5.41, 5.74) is -0.697. The van der Waals surface area contributed by atoms with Crippen LogP contribution in [0.25, 0.3) is 0 Å². The normalized spacial score (nSPS) is 14.6. The lowest BCUT2D eigenvalue weighted by Crippen LogP contribution is -2.55. The average molecular weight is 456 g/mol. The number of esters is 1. The first-order chi connectivity index (χ1) is 14.7. The van der Waals surface area contributed by atoms with Crippen LogP contribution in [-0.2, 0) is 23.9 Å². The predicted molar refractivity (Wildman–Crippen MR) is 123 cm³/mol. The molecule has 0 aromatic rings. The highest BCUT2D eigenvalue weighted by atomic mass is 16.6. The van der Waals surface area contributed by atoms with Gasteiger partial charge in [0.2, 0.25) is 11.8 Å². The van der Waals surface area contributed by atoms with E-state index in [1.54, 1.807) is 54.5 Å². The van der Waals surface area contributed by atoms with Crippen molar-refractivity contribution in [2.45, 2.75) is 92.5 Å². The van der Waals surface area contributed by atoms with Crippen LogP contribution in [0.2, 0.25) is 0 Å². The lowest BCUT2D eigenvalue weighted by atomic mass is 10.0. The summed E-state index contributed by atoms with van der Waals surface area (Å²) in [5, 5.41) is 8.03. The molecular weight excluding hydrogens is 414 g/mol. The van der Waals surface area contributed by atoms with E-state index in [2.05, 4.69) is 16.0 Å².